The molecule has 0 saturated carbocycles. The lowest BCUT2D eigenvalue weighted by Gasteiger charge is -2.07. The monoisotopic (exact) mass is 385 g/mol. The zero-order chi connectivity index (χ0) is 16.5. The Hall–Kier alpha value is -0.810. The fourth-order valence-electron chi connectivity index (χ4n) is 1.84. The molecule has 0 aliphatic heterocycles. The van der Waals surface area contributed by atoms with Crippen molar-refractivity contribution in [2.45, 2.75) is 10.6 Å². The summed E-state index contributed by atoms with van der Waals surface area (Å²) in [6.45, 7) is 0.659. The van der Waals surface area contributed by atoms with Crippen LogP contribution in [0.15, 0.2) is 53.4 Å². The van der Waals surface area contributed by atoms with Gasteiger partial charge in [0.1, 0.15) is 0 Å². The van der Waals surface area contributed by atoms with E-state index < -0.39 is 0 Å². The summed E-state index contributed by atoms with van der Waals surface area (Å²) in [5.41, 5.74) is 0.883. The van der Waals surface area contributed by atoms with Gasteiger partial charge in [0.05, 0.1) is 5.75 Å². The number of halogens is 2. The number of hydrogen-bond acceptors (Lipinski definition) is 3. The van der Waals surface area contributed by atoms with Gasteiger partial charge < -0.3 is 5.32 Å². The van der Waals surface area contributed by atoms with Gasteiger partial charge >= 0.3 is 0 Å². The molecule has 2 rings (SSSR count). The average molecular weight is 386 g/mol. The third-order valence-electron chi connectivity index (χ3n) is 2.98. The Bertz CT molecular complexity index is 617. The molecule has 1 amide bonds. The Labute approximate surface area is 155 Å². The molecule has 0 bridgehead atoms. The van der Waals surface area contributed by atoms with Gasteiger partial charge in [0.25, 0.3) is 0 Å². The summed E-state index contributed by atoms with van der Waals surface area (Å²) in [6, 6.07) is 15.6. The number of benzene rings is 2. The van der Waals surface area contributed by atoms with Crippen LogP contribution >= 0.6 is 46.7 Å². The summed E-state index contributed by atoms with van der Waals surface area (Å²) < 4.78 is 0. The Kier molecular flexibility index (Phi) is 8.17. The van der Waals surface area contributed by atoms with Gasteiger partial charge in [0.2, 0.25) is 5.91 Å². The van der Waals surface area contributed by atoms with Crippen LogP contribution in [0.3, 0.4) is 0 Å². The number of nitrogens with one attached hydrogen (secondary N) is 1. The molecule has 0 aliphatic rings. The van der Waals surface area contributed by atoms with Crippen molar-refractivity contribution in [1.82, 2.24) is 5.32 Å². The maximum Gasteiger partial charge on any atom is 0.230 e. The van der Waals surface area contributed by atoms with Gasteiger partial charge in [0.15, 0.2) is 0 Å². The van der Waals surface area contributed by atoms with Crippen LogP contribution in [0.4, 0.5) is 0 Å². The molecule has 0 atom stereocenters. The highest BCUT2D eigenvalue weighted by Crippen LogP contribution is 2.28. The second kappa shape index (κ2) is 10.1. The molecular formula is C17H17Cl2NOS2. The molecule has 2 nitrogen and oxygen atoms in total. The molecular weight excluding hydrogens is 369 g/mol. The summed E-state index contributed by atoms with van der Waals surface area (Å²) >= 11 is 15.4. The predicted octanol–water partition coefficient (Wildman–Crippen LogP) is 5.14. The van der Waals surface area contributed by atoms with E-state index >= 15 is 0 Å². The molecule has 2 aromatic carbocycles. The fraction of sp³-hybridized carbons (Fsp3) is 0.235. The minimum Gasteiger partial charge on any atom is -0.355 e. The number of hydrogen-bond donors (Lipinski definition) is 1. The maximum absolute atomic E-state index is 11.8. The summed E-state index contributed by atoms with van der Waals surface area (Å²) in [7, 11) is 0. The highest BCUT2D eigenvalue weighted by Gasteiger charge is 2.07. The predicted molar refractivity (Wildman–Crippen MR) is 103 cm³/mol. The zero-order valence-corrected chi connectivity index (χ0v) is 15.6. The van der Waals surface area contributed by atoms with E-state index in [0.717, 1.165) is 11.3 Å². The minimum atomic E-state index is 0.0341. The number of carbonyl (C=O) groups is 1. The van der Waals surface area contributed by atoms with Gasteiger partial charge in [-0.25, -0.2) is 0 Å². The first-order valence-corrected chi connectivity index (χ1v) is 10.0. The molecule has 0 heterocycles. The summed E-state index contributed by atoms with van der Waals surface area (Å²) in [4.78, 5) is 13.0. The number of rotatable bonds is 8. The molecule has 122 valence electrons. The maximum atomic E-state index is 11.8. The first-order chi connectivity index (χ1) is 11.2. The zero-order valence-electron chi connectivity index (χ0n) is 12.4. The van der Waals surface area contributed by atoms with Gasteiger partial charge in [-0.3, -0.25) is 4.79 Å². The first kappa shape index (κ1) is 18.5. The third-order valence-corrected chi connectivity index (χ3v) is 5.66. The molecule has 0 fully saturated rings. The van der Waals surface area contributed by atoms with Crippen molar-refractivity contribution >= 4 is 52.6 Å². The van der Waals surface area contributed by atoms with Gasteiger partial charge in [-0.05, 0) is 29.8 Å². The van der Waals surface area contributed by atoms with Crippen LogP contribution in [0.2, 0.25) is 10.0 Å². The molecule has 1 N–H and O–H groups in total. The van der Waals surface area contributed by atoms with Crippen LogP contribution < -0.4 is 5.32 Å². The van der Waals surface area contributed by atoms with Crippen molar-refractivity contribution < 1.29 is 4.79 Å². The molecule has 0 radical (unpaired) electrons. The topological polar surface area (TPSA) is 29.1 Å². The van der Waals surface area contributed by atoms with E-state index in [1.165, 1.54) is 16.7 Å². The number of carbonyl (C=O) groups excluding carboxylic acids is 1. The van der Waals surface area contributed by atoms with Crippen LogP contribution in [0, 0.1) is 0 Å². The van der Waals surface area contributed by atoms with Gasteiger partial charge in [-0.2, -0.15) is 0 Å². The van der Waals surface area contributed by atoms with E-state index in [0.29, 0.717) is 28.1 Å². The second-order valence-corrected chi connectivity index (χ2v) is 7.67. The molecule has 2 aromatic rings. The summed E-state index contributed by atoms with van der Waals surface area (Å²) in [6.07, 6.45) is 0. The van der Waals surface area contributed by atoms with Gasteiger partial charge in [0, 0.05) is 33.0 Å². The van der Waals surface area contributed by atoms with E-state index in [2.05, 4.69) is 17.4 Å². The van der Waals surface area contributed by atoms with Crippen LogP contribution in [-0.2, 0) is 10.5 Å². The van der Waals surface area contributed by atoms with Gasteiger partial charge in [-0.1, -0.05) is 47.5 Å². The van der Waals surface area contributed by atoms with Crippen LogP contribution in [0.1, 0.15) is 5.56 Å². The minimum absolute atomic E-state index is 0.0341. The van der Waals surface area contributed by atoms with Crippen molar-refractivity contribution in [3.05, 3.63) is 64.1 Å². The smallest absolute Gasteiger partial charge is 0.230 e. The van der Waals surface area contributed by atoms with E-state index in [1.807, 2.05) is 36.4 Å². The lowest BCUT2D eigenvalue weighted by Crippen LogP contribution is -2.27. The third kappa shape index (κ3) is 6.68. The van der Waals surface area contributed by atoms with E-state index in [9.17, 15) is 4.79 Å². The summed E-state index contributed by atoms with van der Waals surface area (Å²) in [5.74, 6) is 1.92. The molecule has 0 aliphatic carbocycles. The average Bonchev–Trinajstić information content (AvgIpc) is 2.55. The Morgan fingerprint density at radius 1 is 1.00 bits per heavy atom. The van der Waals surface area contributed by atoms with Crippen molar-refractivity contribution in [1.29, 1.82) is 0 Å². The Morgan fingerprint density at radius 3 is 2.39 bits per heavy atom. The largest absolute Gasteiger partial charge is 0.355 e. The fourth-order valence-corrected chi connectivity index (χ4v) is 4.23. The normalized spacial score (nSPS) is 10.5. The molecule has 0 saturated heterocycles. The van der Waals surface area contributed by atoms with E-state index in [-0.39, 0.29) is 5.91 Å². The first-order valence-electron chi connectivity index (χ1n) is 7.12. The lowest BCUT2D eigenvalue weighted by atomic mass is 10.2. The molecule has 23 heavy (non-hydrogen) atoms. The molecule has 0 spiro atoms. The van der Waals surface area contributed by atoms with Crippen LogP contribution in [0.5, 0.6) is 0 Å². The number of thioether (sulfide) groups is 2. The SMILES string of the molecule is O=C(CSCc1c(Cl)cccc1Cl)NCCSc1ccccc1. The second-order valence-electron chi connectivity index (χ2n) is 4.70. The quantitative estimate of drug-likeness (QED) is 0.503. The van der Waals surface area contributed by atoms with Crippen molar-refractivity contribution in [3.63, 3.8) is 0 Å². The lowest BCUT2D eigenvalue weighted by molar-refractivity contribution is -0.118. The van der Waals surface area contributed by atoms with E-state index in [4.69, 9.17) is 23.2 Å². The molecule has 0 unspecified atom stereocenters. The number of amides is 1. The standard InChI is InChI=1S/C17H17Cl2NOS2/c18-15-7-4-8-16(19)14(15)11-22-12-17(21)20-9-10-23-13-5-2-1-3-6-13/h1-8H,9-12H2,(H,20,21). The Balaban J connectivity index is 1.62. The van der Waals surface area contributed by atoms with Crippen molar-refractivity contribution in [2.24, 2.45) is 0 Å². The Morgan fingerprint density at radius 2 is 1.70 bits per heavy atom. The summed E-state index contributed by atoms with van der Waals surface area (Å²) in [5, 5.41) is 4.21. The van der Waals surface area contributed by atoms with Gasteiger partial charge in [-0.15, -0.1) is 23.5 Å². The molecule has 0 aromatic heterocycles. The highest BCUT2D eigenvalue weighted by atomic mass is 35.5. The highest BCUT2D eigenvalue weighted by molar-refractivity contribution is 7.99. The molecule has 6 heteroatoms. The van der Waals surface area contributed by atoms with Crippen LogP contribution in [-0.4, -0.2) is 24.0 Å². The van der Waals surface area contributed by atoms with Crippen molar-refractivity contribution in [3.8, 4) is 0 Å². The van der Waals surface area contributed by atoms with E-state index in [1.54, 1.807) is 11.8 Å². The van der Waals surface area contributed by atoms with Crippen LogP contribution in [0.25, 0.3) is 0 Å². The van der Waals surface area contributed by atoms with Crippen molar-refractivity contribution in [2.75, 3.05) is 18.1 Å².